The number of guanidine groups is 1. The third-order valence-electron chi connectivity index (χ3n) is 5.42. The van der Waals surface area contributed by atoms with Crippen molar-refractivity contribution in [1.82, 2.24) is 10.6 Å². The Morgan fingerprint density at radius 1 is 1.21 bits per heavy atom. The summed E-state index contributed by atoms with van der Waals surface area (Å²) in [7, 11) is 2.78. The molecule has 0 radical (unpaired) electrons. The van der Waals surface area contributed by atoms with Crippen molar-refractivity contribution in [2.45, 2.75) is 50.4 Å². The quantitative estimate of drug-likeness (QED) is 0.335. The molecular weight excluding hydrogens is 497 g/mol. The fourth-order valence-electron chi connectivity index (χ4n) is 3.83. The first-order valence-corrected chi connectivity index (χ1v) is 11.4. The summed E-state index contributed by atoms with van der Waals surface area (Å²) in [6, 6.07) is 12.9. The van der Waals surface area contributed by atoms with Gasteiger partial charge in [-0.15, -0.1) is 24.0 Å². The molecule has 1 aliphatic rings. The fraction of sp³-hybridized carbons (Fsp3) is 0.500. The summed E-state index contributed by atoms with van der Waals surface area (Å²) in [5.74, 6) is 2.43. The molecule has 3 unspecified atom stereocenters. The van der Waals surface area contributed by atoms with Gasteiger partial charge >= 0.3 is 0 Å². The molecule has 0 bridgehead atoms. The summed E-state index contributed by atoms with van der Waals surface area (Å²) < 4.78 is 17.4. The number of fused-ring (bicyclic) bond motifs is 1. The SMILES string of the molecule is CCS(=O)C1CCCC(NC(=NC)NCc2ccc3cc(OC)ccc3c2)C1.I. The lowest BCUT2D eigenvalue weighted by atomic mass is 9.95. The van der Waals surface area contributed by atoms with Crippen molar-refractivity contribution in [3.8, 4) is 5.75 Å². The minimum Gasteiger partial charge on any atom is -0.497 e. The van der Waals surface area contributed by atoms with E-state index in [2.05, 4.69) is 39.9 Å². The number of ether oxygens (including phenoxy) is 1. The van der Waals surface area contributed by atoms with Gasteiger partial charge in [0.1, 0.15) is 5.75 Å². The van der Waals surface area contributed by atoms with Gasteiger partial charge in [-0.25, -0.2) is 0 Å². The van der Waals surface area contributed by atoms with Gasteiger partial charge in [0, 0.05) is 41.4 Å². The van der Waals surface area contributed by atoms with Crippen molar-refractivity contribution in [3.05, 3.63) is 42.0 Å². The summed E-state index contributed by atoms with van der Waals surface area (Å²) in [5.41, 5.74) is 1.20. The van der Waals surface area contributed by atoms with Crippen LogP contribution in [0.1, 0.15) is 38.2 Å². The molecule has 1 aliphatic carbocycles. The third kappa shape index (κ3) is 6.57. The Hall–Kier alpha value is -1.35. The van der Waals surface area contributed by atoms with Crippen LogP contribution in [0.4, 0.5) is 0 Å². The summed E-state index contributed by atoms with van der Waals surface area (Å²) in [5, 5.41) is 9.62. The van der Waals surface area contributed by atoms with E-state index in [0.29, 0.717) is 17.8 Å². The van der Waals surface area contributed by atoms with Crippen molar-refractivity contribution in [1.29, 1.82) is 0 Å². The topological polar surface area (TPSA) is 62.7 Å². The predicted molar refractivity (Wildman–Crippen MR) is 134 cm³/mol. The molecule has 2 aromatic rings. The normalized spacial score (nSPS) is 20.6. The average Bonchev–Trinajstić information content (AvgIpc) is 2.75. The second kappa shape index (κ2) is 11.7. The molecule has 0 aliphatic heterocycles. The first kappa shape index (κ1) is 23.9. The van der Waals surface area contributed by atoms with Gasteiger partial charge in [0.05, 0.1) is 7.11 Å². The van der Waals surface area contributed by atoms with Gasteiger partial charge in [-0.05, 0) is 53.8 Å². The molecule has 2 N–H and O–H groups in total. The predicted octanol–water partition coefficient (Wildman–Crippen LogP) is 4.21. The van der Waals surface area contributed by atoms with Crippen LogP contribution in [0.5, 0.6) is 5.75 Å². The van der Waals surface area contributed by atoms with Gasteiger partial charge in [-0.2, -0.15) is 0 Å². The Morgan fingerprint density at radius 2 is 1.97 bits per heavy atom. The molecule has 0 amide bonds. The largest absolute Gasteiger partial charge is 0.497 e. The van der Waals surface area contributed by atoms with Gasteiger partial charge in [0.2, 0.25) is 0 Å². The minimum atomic E-state index is -0.710. The standard InChI is InChI=1S/C22H31N3O2S.HI/c1-4-28(26)21-7-5-6-19(14-21)25-22(23-2)24-15-16-8-9-18-13-20(27-3)11-10-17(18)12-16;/h8-13,19,21H,4-7,14-15H2,1-3H3,(H2,23,24,25);1H. The van der Waals surface area contributed by atoms with Gasteiger partial charge in [0.25, 0.3) is 0 Å². The molecule has 0 spiro atoms. The van der Waals surface area contributed by atoms with E-state index in [-0.39, 0.29) is 24.0 Å². The summed E-state index contributed by atoms with van der Waals surface area (Å²) >= 11 is 0. The summed E-state index contributed by atoms with van der Waals surface area (Å²) in [6.45, 7) is 2.71. The molecule has 0 heterocycles. The van der Waals surface area contributed by atoms with Crippen LogP contribution in [-0.4, -0.2) is 41.4 Å². The monoisotopic (exact) mass is 529 g/mol. The number of nitrogens with one attached hydrogen (secondary N) is 2. The van der Waals surface area contributed by atoms with Gasteiger partial charge in [0.15, 0.2) is 5.96 Å². The molecule has 2 aromatic carbocycles. The molecule has 5 nitrogen and oxygen atoms in total. The number of aliphatic imine (C=N–C) groups is 1. The van der Waals surface area contributed by atoms with Crippen LogP contribution in [0.25, 0.3) is 10.8 Å². The van der Waals surface area contributed by atoms with E-state index in [4.69, 9.17) is 4.74 Å². The van der Waals surface area contributed by atoms with Gasteiger partial charge in [-0.1, -0.05) is 31.5 Å². The van der Waals surface area contributed by atoms with E-state index in [1.807, 2.05) is 19.1 Å². The molecule has 160 valence electrons. The first-order chi connectivity index (χ1) is 13.6. The van der Waals surface area contributed by atoms with Crippen LogP contribution in [0.2, 0.25) is 0 Å². The Morgan fingerprint density at radius 3 is 2.69 bits per heavy atom. The molecule has 0 saturated heterocycles. The number of benzene rings is 2. The van der Waals surface area contributed by atoms with E-state index in [9.17, 15) is 4.21 Å². The number of hydrogen-bond acceptors (Lipinski definition) is 3. The molecular formula is C22H32IN3O2S. The van der Waals surface area contributed by atoms with Crippen LogP contribution in [0, 0.1) is 0 Å². The Labute approximate surface area is 193 Å². The number of halogens is 1. The molecule has 0 aromatic heterocycles. The highest BCUT2D eigenvalue weighted by Gasteiger charge is 2.25. The van der Waals surface area contributed by atoms with Crippen LogP contribution < -0.4 is 15.4 Å². The zero-order valence-corrected chi connectivity index (χ0v) is 20.6. The molecule has 3 atom stereocenters. The van der Waals surface area contributed by atoms with Crippen molar-refractivity contribution in [2.75, 3.05) is 19.9 Å². The lowest BCUT2D eigenvalue weighted by Crippen LogP contribution is -2.46. The number of hydrogen-bond donors (Lipinski definition) is 2. The Balaban J connectivity index is 0.00000300. The number of methoxy groups -OCH3 is 1. The maximum Gasteiger partial charge on any atom is 0.191 e. The minimum absolute atomic E-state index is 0. The second-order valence-electron chi connectivity index (χ2n) is 7.27. The number of nitrogens with zero attached hydrogens (tertiary/aromatic N) is 1. The van der Waals surface area contributed by atoms with Crippen molar-refractivity contribution in [2.24, 2.45) is 4.99 Å². The first-order valence-electron chi connectivity index (χ1n) is 10.0. The molecule has 29 heavy (non-hydrogen) atoms. The lowest BCUT2D eigenvalue weighted by Gasteiger charge is -2.30. The maximum absolute atomic E-state index is 12.2. The number of rotatable bonds is 6. The fourth-order valence-corrected chi connectivity index (χ4v) is 5.18. The highest BCUT2D eigenvalue weighted by atomic mass is 127. The van der Waals surface area contributed by atoms with E-state index in [0.717, 1.165) is 43.1 Å². The zero-order valence-electron chi connectivity index (χ0n) is 17.4. The van der Waals surface area contributed by atoms with Crippen molar-refractivity contribution < 1.29 is 8.95 Å². The zero-order chi connectivity index (χ0) is 19.9. The van der Waals surface area contributed by atoms with Crippen molar-refractivity contribution in [3.63, 3.8) is 0 Å². The highest BCUT2D eigenvalue weighted by Crippen LogP contribution is 2.23. The van der Waals surface area contributed by atoms with Crippen LogP contribution >= 0.6 is 24.0 Å². The molecule has 7 heteroatoms. The Bertz CT molecular complexity index is 859. The van der Waals surface area contributed by atoms with Crippen LogP contribution in [-0.2, 0) is 17.3 Å². The summed E-state index contributed by atoms with van der Waals surface area (Å²) in [6.07, 6.45) is 4.26. The average molecular weight is 529 g/mol. The molecule has 1 saturated carbocycles. The summed E-state index contributed by atoms with van der Waals surface area (Å²) in [4.78, 5) is 4.37. The van der Waals surface area contributed by atoms with E-state index < -0.39 is 10.8 Å². The van der Waals surface area contributed by atoms with E-state index >= 15 is 0 Å². The van der Waals surface area contributed by atoms with Crippen molar-refractivity contribution >= 4 is 51.5 Å². The highest BCUT2D eigenvalue weighted by molar-refractivity contribution is 14.0. The van der Waals surface area contributed by atoms with Gasteiger partial charge in [-0.3, -0.25) is 9.20 Å². The molecule has 1 fully saturated rings. The van der Waals surface area contributed by atoms with Crippen LogP contribution in [0.3, 0.4) is 0 Å². The molecule has 3 rings (SSSR count). The van der Waals surface area contributed by atoms with E-state index in [1.54, 1.807) is 14.2 Å². The smallest absolute Gasteiger partial charge is 0.191 e. The lowest BCUT2D eigenvalue weighted by molar-refractivity contribution is 0.413. The van der Waals surface area contributed by atoms with E-state index in [1.165, 1.54) is 16.3 Å². The second-order valence-corrected chi connectivity index (χ2v) is 9.28. The Kier molecular flexibility index (Phi) is 9.68. The van der Waals surface area contributed by atoms with Crippen LogP contribution in [0.15, 0.2) is 41.4 Å². The third-order valence-corrected chi connectivity index (χ3v) is 7.16. The van der Waals surface area contributed by atoms with Gasteiger partial charge < -0.3 is 15.4 Å². The maximum atomic E-state index is 12.2.